The molecule has 226 valence electrons. The van der Waals surface area contributed by atoms with Crippen molar-refractivity contribution < 1.29 is 23.9 Å². The number of likely N-dealkylation sites (tertiary alicyclic amines) is 1. The minimum absolute atomic E-state index is 0.00890. The molecule has 0 aliphatic carbocycles. The fourth-order valence-corrected chi connectivity index (χ4v) is 8.42. The molecule has 10 nitrogen and oxygen atoms in total. The lowest BCUT2D eigenvalue weighted by atomic mass is 9.86. The first kappa shape index (κ1) is 28.2. The number of piperidine rings is 2. The Morgan fingerprint density at radius 3 is 2.74 bits per heavy atom. The van der Waals surface area contributed by atoms with Crippen LogP contribution in [0.3, 0.4) is 0 Å². The molecule has 3 unspecified atom stereocenters. The molecule has 5 heterocycles. The second-order valence-corrected chi connectivity index (χ2v) is 13.1. The van der Waals surface area contributed by atoms with Crippen molar-refractivity contribution in [1.29, 1.82) is 0 Å². The maximum absolute atomic E-state index is 13.7. The van der Waals surface area contributed by atoms with Gasteiger partial charge in [-0.2, -0.15) is 0 Å². The Hall–Kier alpha value is -3.54. The number of nitrogens with zero attached hydrogens (tertiary/aromatic N) is 2. The van der Waals surface area contributed by atoms with Crippen LogP contribution in [0.25, 0.3) is 0 Å². The van der Waals surface area contributed by atoms with Crippen LogP contribution in [-0.4, -0.2) is 73.1 Å². The van der Waals surface area contributed by atoms with Crippen molar-refractivity contribution in [1.82, 2.24) is 20.9 Å². The third-order valence-corrected chi connectivity index (χ3v) is 10.5. The summed E-state index contributed by atoms with van der Waals surface area (Å²) < 4.78 is 11.4. The average molecular weight is 604 g/mol. The van der Waals surface area contributed by atoms with Crippen molar-refractivity contribution in [2.45, 2.75) is 50.1 Å². The van der Waals surface area contributed by atoms with Crippen LogP contribution < -0.4 is 25.6 Å². The first-order valence-electron chi connectivity index (χ1n) is 15.2. The van der Waals surface area contributed by atoms with E-state index in [-0.39, 0.29) is 47.1 Å². The molecule has 5 atom stereocenters. The Morgan fingerprint density at radius 2 is 1.95 bits per heavy atom. The van der Waals surface area contributed by atoms with E-state index in [1.807, 2.05) is 65.3 Å². The van der Waals surface area contributed by atoms with Crippen LogP contribution in [0.5, 0.6) is 11.5 Å². The van der Waals surface area contributed by atoms with Gasteiger partial charge in [-0.3, -0.25) is 14.5 Å². The number of anilines is 1. The summed E-state index contributed by atoms with van der Waals surface area (Å²) in [6, 6.07) is 15.0. The standard InChI is InChI=1S/C32H37N5O5S/c1-19-16-23(42-22-7-3-2-4-8-22)9-10-24(19)37-25-11-13-33-30-26(25)27(35-32(37)40)28(43-30)29(38)34-21-6-5-14-36(17-21)31(39)20-12-15-41-18-20/h2-4,7-10,16,20-21,25-26,30,33H,5-6,11-15,17-18H2,1H3,(H,34,38)(H,35,40)/t20-,21-,25?,26?,30?/m1/s1. The van der Waals surface area contributed by atoms with Gasteiger partial charge in [-0.1, -0.05) is 30.0 Å². The van der Waals surface area contributed by atoms with E-state index in [2.05, 4.69) is 16.0 Å². The number of carbonyl (C=O) groups excluding carboxylic acids is 3. The van der Waals surface area contributed by atoms with Crippen LogP contribution in [0.1, 0.15) is 31.2 Å². The Kier molecular flexibility index (Phi) is 7.79. The molecule has 43 heavy (non-hydrogen) atoms. The van der Waals surface area contributed by atoms with Crippen LogP contribution in [0.2, 0.25) is 0 Å². The fourth-order valence-electron chi connectivity index (χ4n) is 7.02. The molecule has 0 bridgehead atoms. The lowest BCUT2D eigenvalue weighted by Crippen LogP contribution is -2.62. The summed E-state index contributed by atoms with van der Waals surface area (Å²) in [5.41, 5.74) is 2.49. The number of rotatable bonds is 6. The highest BCUT2D eigenvalue weighted by Crippen LogP contribution is 2.48. The highest BCUT2D eigenvalue weighted by atomic mass is 32.2. The van der Waals surface area contributed by atoms with Gasteiger partial charge in [0.1, 0.15) is 11.5 Å². The highest BCUT2D eigenvalue weighted by molar-refractivity contribution is 8.04. The maximum atomic E-state index is 13.7. The molecule has 0 radical (unpaired) electrons. The van der Waals surface area contributed by atoms with Crippen molar-refractivity contribution in [2.75, 3.05) is 37.7 Å². The van der Waals surface area contributed by atoms with Crippen LogP contribution >= 0.6 is 11.8 Å². The summed E-state index contributed by atoms with van der Waals surface area (Å²) in [6.07, 6.45) is 3.21. The summed E-state index contributed by atoms with van der Waals surface area (Å²) >= 11 is 1.50. The first-order chi connectivity index (χ1) is 21.0. The van der Waals surface area contributed by atoms with Gasteiger partial charge in [0.15, 0.2) is 0 Å². The molecule has 3 N–H and O–H groups in total. The summed E-state index contributed by atoms with van der Waals surface area (Å²) in [4.78, 5) is 44.6. The Balaban J connectivity index is 1.07. The molecule has 2 aromatic carbocycles. The van der Waals surface area contributed by atoms with Gasteiger partial charge in [-0.05, 0) is 75.0 Å². The van der Waals surface area contributed by atoms with Crippen LogP contribution in [0.15, 0.2) is 59.1 Å². The van der Waals surface area contributed by atoms with E-state index < -0.39 is 0 Å². The molecule has 4 amide bonds. The minimum Gasteiger partial charge on any atom is -0.457 e. The zero-order chi connectivity index (χ0) is 29.5. The normalized spacial score (nSPS) is 28.4. The van der Waals surface area contributed by atoms with Crippen molar-refractivity contribution >= 4 is 35.3 Å². The minimum atomic E-state index is -0.224. The lowest BCUT2D eigenvalue weighted by Gasteiger charge is -2.46. The van der Waals surface area contributed by atoms with Crippen molar-refractivity contribution in [2.24, 2.45) is 11.8 Å². The molecule has 4 fully saturated rings. The van der Waals surface area contributed by atoms with Gasteiger partial charge in [0.25, 0.3) is 5.91 Å². The number of amides is 4. The van der Waals surface area contributed by atoms with Gasteiger partial charge in [-0.25, -0.2) is 4.79 Å². The van der Waals surface area contributed by atoms with Gasteiger partial charge < -0.3 is 30.3 Å². The number of nitrogens with one attached hydrogen (secondary N) is 3. The predicted molar refractivity (Wildman–Crippen MR) is 164 cm³/mol. The van der Waals surface area contributed by atoms with Gasteiger partial charge >= 0.3 is 6.03 Å². The molecule has 5 aliphatic heterocycles. The van der Waals surface area contributed by atoms with E-state index in [1.165, 1.54) is 11.8 Å². The van der Waals surface area contributed by atoms with Gasteiger partial charge in [0, 0.05) is 43.0 Å². The molecule has 5 aliphatic rings. The SMILES string of the molecule is Cc1cc(Oc2ccccc2)ccc1N1C(=O)NC2=C(C(=O)N[C@@H]3CCCN(C(=O)[C@@H]4CCOC4)C3)SC3NCCC1C23. The van der Waals surface area contributed by atoms with Crippen molar-refractivity contribution in [3.63, 3.8) is 0 Å². The molecule has 7 rings (SSSR count). The van der Waals surface area contributed by atoms with Crippen LogP contribution in [0, 0.1) is 18.8 Å². The first-order valence-corrected chi connectivity index (χ1v) is 16.1. The second kappa shape index (κ2) is 11.9. The second-order valence-electron chi connectivity index (χ2n) is 11.9. The molecule has 0 aromatic heterocycles. The zero-order valence-electron chi connectivity index (χ0n) is 24.2. The number of benzene rings is 2. The molecule has 0 spiro atoms. The highest BCUT2D eigenvalue weighted by Gasteiger charge is 2.52. The number of ether oxygens (including phenoxy) is 2. The maximum Gasteiger partial charge on any atom is 0.326 e. The average Bonchev–Trinajstić information content (AvgIpc) is 3.68. The van der Waals surface area contributed by atoms with E-state index in [1.54, 1.807) is 0 Å². The quantitative estimate of drug-likeness (QED) is 0.462. The van der Waals surface area contributed by atoms with E-state index >= 15 is 0 Å². The third kappa shape index (κ3) is 5.49. The third-order valence-electron chi connectivity index (χ3n) is 9.10. The smallest absolute Gasteiger partial charge is 0.326 e. The fraction of sp³-hybridized carbons (Fsp3) is 0.469. The van der Waals surface area contributed by atoms with E-state index in [9.17, 15) is 14.4 Å². The summed E-state index contributed by atoms with van der Waals surface area (Å²) in [5.74, 6) is 1.30. The number of hydrogen-bond acceptors (Lipinski definition) is 7. The molecule has 4 saturated heterocycles. The number of thioether (sulfide) groups is 1. The van der Waals surface area contributed by atoms with Gasteiger partial charge in [0.05, 0.1) is 28.8 Å². The summed E-state index contributed by atoms with van der Waals surface area (Å²) in [7, 11) is 0. The number of aryl methyl sites for hydroxylation is 1. The van der Waals surface area contributed by atoms with Crippen molar-refractivity contribution in [3.8, 4) is 11.5 Å². The topological polar surface area (TPSA) is 112 Å². The Bertz CT molecular complexity index is 1440. The summed E-state index contributed by atoms with van der Waals surface area (Å²) in [6.45, 7) is 5.08. The monoisotopic (exact) mass is 603 g/mol. The zero-order valence-corrected chi connectivity index (χ0v) is 25.0. The van der Waals surface area contributed by atoms with E-state index in [0.29, 0.717) is 42.7 Å². The predicted octanol–water partition coefficient (Wildman–Crippen LogP) is 3.72. The molecule has 0 saturated carbocycles. The number of carbonyl (C=O) groups is 3. The van der Waals surface area contributed by atoms with E-state index in [4.69, 9.17) is 9.47 Å². The Morgan fingerprint density at radius 1 is 1.09 bits per heavy atom. The molecule has 11 heteroatoms. The van der Waals surface area contributed by atoms with E-state index in [0.717, 1.165) is 49.2 Å². The van der Waals surface area contributed by atoms with Crippen LogP contribution in [0.4, 0.5) is 10.5 Å². The summed E-state index contributed by atoms with van der Waals surface area (Å²) in [5, 5.41) is 9.86. The molecular weight excluding hydrogens is 566 g/mol. The Labute approximate surface area is 255 Å². The molecular formula is C32H37N5O5S. The van der Waals surface area contributed by atoms with Crippen molar-refractivity contribution in [3.05, 3.63) is 64.7 Å². The number of hydrogen-bond donors (Lipinski definition) is 3. The van der Waals surface area contributed by atoms with Crippen LogP contribution in [-0.2, 0) is 14.3 Å². The number of para-hydroxylation sites is 1. The lowest BCUT2D eigenvalue weighted by molar-refractivity contribution is -0.137. The van der Waals surface area contributed by atoms with Gasteiger partial charge in [0.2, 0.25) is 5.91 Å². The van der Waals surface area contributed by atoms with Gasteiger partial charge in [-0.15, -0.1) is 0 Å². The molecule has 2 aromatic rings. The largest absolute Gasteiger partial charge is 0.457 e. The number of urea groups is 1.